The molecule has 1 heterocycles. The Morgan fingerprint density at radius 3 is 1.30 bits per heavy atom. The Bertz CT molecular complexity index is 246. The first kappa shape index (κ1) is 18.0. The SMILES string of the molecule is CCCCCCCCCCCCCCC1(C)OC1(C)C. The molecule has 1 aliphatic heterocycles. The largest absolute Gasteiger partial charge is 0.363 e. The van der Waals surface area contributed by atoms with Crippen molar-refractivity contribution in [1.82, 2.24) is 0 Å². The summed E-state index contributed by atoms with van der Waals surface area (Å²) in [4.78, 5) is 0. The van der Waals surface area contributed by atoms with E-state index in [1.54, 1.807) is 0 Å². The summed E-state index contributed by atoms with van der Waals surface area (Å²) in [5.74, 6) is 0. The van der Waals surface area contributed by atoms with Crippen LogP contribution in [0, 0.1) is 0 Å². The highest BCUT2D eigenvalue weighted by molar-refractivity contribution is 5.07. The lowest BCUT2D eigenvalue weighted by Crippen LogP contribution is -2.15. The lowest BCUT2D eigenvalue weighted by molar-refractivity contribution is 0.273. The van der Waals surface area contributed by atoms with E-state index in [4.69, 9.17) is 4.74 Å². The summed E-state index contributed by atoms with van der Waals surface area (Å²) < 4.78 is 5.79. The van der Waals surface area contributed by atoms with Crippen LogP contribution in [0.1, 0.15) is 111 Å². The highest BCUT2D eigenvalue weighted by Gasteiger charge is 2.58. The normalized spacial score (nSPS) is 24.0. The average molecular weight is 283 g/mol. The molecule has 0 aliphatic carbocycles. The maximum atomic E-state index is 5.79. The first-order valence-electron chi connectivity index (χ1n) is 9.22. The fourth-order valence-corrected chi connectivity index (χ4v) is 3.19. The quantitative estimate of drug-likeness (QED) is 0.272. The fourth-order valence-electron chi connectivity index (χ4n) is 3.19. The van der Waals surface area contributed by atoms with Gasteiger partial charge in [-0.1, -0.05) is 84.0 Å². The third-order valence-corrected chi connectivity index (χ3v) is 5.22. The molecular formula is C19H38O. The van der Waals surface area contributed by atoms with E-state index >= 15 is 0 Å². The van der Waals surface area contributed by atoms with E-state index in [9.17, 15) is 0 Å². The van der Waals surface area contributed by atoms with Crippen molar-refractivity contribution in [2.24, 2.45) is 0 Å². The second-order valence-corrected chi connectivity index (χ2v) is 7.48. The molecule has 0 aromatic rings. The van der Waals surface area contributed by atoms with E-state index in [1.165, 1.54) is 83.5 Å². The van der Waals surface area contributed by atoms with E-state index in [-0.39, 0.29) is 11.2 Å². The molecule has 1 heteroatoms. The third kappa shape index (κ3) is 6.61. The Kier molecular flexibility index (Phi) is 8.17. The van der Waals surface area contributed by atoms with Crippen LogP contribution in [0.25, 0.3) is 0 Å². The van der Waals surface area contributed by atoms with Crippen molar-refractivity contribution in [3.05, 3.63) is 0 Å². The van der Waals surface area contributed by atoms with Gasteiger partial charge in [0.2, 0.25) is 0 Å². The van der Waals surface area contributed by atoms with Crippen LogP contribution in [-0.2, 0) is 4.74 Å². The monoisotopic (exact) mass is 282 g/mol. The molecule has 120 valence electrons. The number of ether oxygens (including phenoxy) is 1. The van der Waals surface area contributed by atoms with Crippen molar-refractivity contribution >= 4 is 0 Å². The minimum atomic E-state index is 0.144. The van der Waals surface area contributed by atoms with Crippen molar-refractivity contribution < 1.29 is 4.74 Å². The molecule has 0 spiro atoms. The minimum Gasteiger partial charge on any atom is -0.363 e. The predicted molar refractivity (Wildman–Crippen MR) is 89.3 cm³/mol. The van der Waals surface area contributed by atoms with E-state index in [1.807, 2.05) is 0 Å². The molecule has 0 N–H and O–H groups in total. The van der Waals surface area contributed by atoms with E-state index in [0.29, 0.717) is 0 Å². The van der Waals surface area contributed by atoms with Gasteiger partial charge in [0, 0.05) is 0 Å². The summed E-state index contributed by atoms with van der Waals surface area (Å²) in [5, 5.41) is 0. The number of epoxide rings is 1. The molecule has 0 amide bonds. The van der Waals surface area contributed by atoms with E-state index in [2.05, 4.69) is 27.7 Å². The summed E-state index contributed by atoms with van der Waals surface area (Å²) in [6.45, 7) is 8.99. The Morgan fingerprint density at radius 1 is 0.600 bits per heavy atom. The van der Waals surface area contributed by atoms with Crippen LogP contribution in [0.15, 0.2) is 0 Å². The van der Waals surface area contributed by atoms with Gasteiger partial charge in [0.05, 0.1) is 11.2 Å². The molecule has 0 aromatic heterocycles. The fraction of sp³-hybridized carbons (Fsp3) is 1.00. The van der Waals surface area contributed by atoms with Gasteiger partial charge in [0.15, 0.2) is 0 Å². The Hall–Kier alpha value is -0.0400. The number of hydrogen-bond acceptors (Lipinski definition) is 1. The minimum absolute atomic E-state index is 0.144. The van der Waals surface area contributed by atoms with Gasteiger partial charge < -0.3 is 4.74 Å². The molecule has 1 fully saturated rings. The summed E-state index contributed by atoms with van der Waals surface area (Å²) in [6.07, 6.45) is 18.4. The highest BCUT2D eigenvalue weighted by Crippen LogP contribution is 2.50. The zero-order valence-corrected chi connectivity index (χ0v) is 14.6. The highest BCUT2D eigenvalue weighted by atomic mass is 16.6. The molecule has 0 saturated carbocycles. The van der Waals surface area contributed by atoms with Gasteiger partial charge in [-0.05, 0) is 27.2 Å². The molecule has 1 rings (SSSR count). The smallest absolute Gasteiger partial charge is 0.0946 e. The van der Waals surface area contributed by atoms with Crippen molar-refractivity contribution in [3.8, 4) is 0 Å². The Labute approximate surface area is 127 Å². The molecule has 0 aromatic carbocycles. The number of unbranched alkanes of at least 4 members (excludes halogenated alkanes) is 11. The van der Waals surface area contributed by atoms with Crippen LogP contribution in [0.2, 0.25) is 0 Å². The molecule has 1 aliphatic rings. The first-order chi connectivity index (χ1) is 9.52. The third-order valence-electron chi connectivity index (χ3n) is 5.22. The van der Waals surface area contributed by atoms with Crippen molar-refractivity contribution in [3.63, 3.8) is 0 Å². The summed E-state index contributed by atoms with van der Waals surface area (Å²) in [6, 6.07) is 0. The Balaban J connectivity index is 1.75. The van der Waals surface area contributed by atoms with Crippen LogP contribution in [0.4, 0.5) is 0 Å². The van der Waals surface area contributed by atoms with Crippen LogP contribution >= 0.6 is 0 Å². The van der Waals surface area contributed by atoms with Crippen LogP contribution in [0.5, 0.6) is 0 Å². The molecule has 20 heavy (non-hydrogen) atoms. The van der Waals surface area contributed by atoms with Gasteiger partial charge in [-0.15, -0.1) is 0 Å². The van der Waals surface area contributed by atoms with Crippen molar-refractivity contribution in [1.29, 1.82) is 0 Å². The second-order valence-electron chi connectivity index (χ2n) is 7.48. The zero-order chi connectivity index (χ0) is 14.9. The van der Waals surface area contributed by atoms with Crippen LogP contribution in [-0.4, -0.2) is 11.2 Å². The predicted octanol–water partition coefficient (Wildman–Crippen LogP) is 6.65. The van der Waals surface area contributed by atoms with Gasteiger partial charge in [-0.3, -0.25) is 0 Å². The zero-order valence-electron chi connectivity index (χ0n) is 14.6. The maximum Gasteiger partial charge on any atom is 0.0946 e. The van der Waals surface area contributed by atoms with Crippen LogP contribution < -0.4 is 0 Å². The van der Waals surface area contributed by atoms with Crippen molar-refractivity contribution in [2.45, 2.75) is 122 Å². The molecular weight excluding hydrogens is 244 g/mol. The lowest BCUT2D eigenvalue weighted by atomic mass is 9.92. The van der Waals surface area contributed by atoms with E-state index in [0.717, 1.165) is 0 Å². The standard InChI is InChI=1S/C19H38O/c1-5-6-7-8-9-10-11-12-13-14-15-16-17-19(4)18(2,3)20-19/h5-17H2,1-4H3. The molecule has 1 atom stereocenters. The van der Waals surface area contributed by atoms with Gasteiger partial charge in [-0.25, -0.2) is 0 Å². The molecule has 1 saturated heterocycles. The lowest BCUT2D eigenvalue weighted by Gasteiger charge is -2.08. The molecule has 1 unspecified atom stereocenters. The van der Waals surface area contributed by atoms with Gasteiger partial charge in [0.1, 0.15) is 0 Å². The first-order valence-corrected chi connectivity index (χ1v) is 9.22. The summed E-state index contributed by atoms with van der Waals surface area (Å²) in [5.41, 5.74) is 0.330. The maximum absolute atomic E-state index is 5.79. The van der Waals surface area contributed by atoms with E-state index < -0.39 is 0 Å². The molecule has 0 radical (unpaired) electrons. The summed E-state index contributed by atoms with van der Waals surface area (Å²) >= 11 is 0. The topological polar surface area (TPSA) is 12.5 Å². The van der Waals surface area contributed by atoms with Crippen LogP contribution in [0.3, 0.4) is 0 Å². The second kappa shape index (κ2) is 9.07. The molecule has 0 bridgehead atoms. The van der Waals surface area contributed by atoms with Gasteiger partial charge in [0.25, 0.3) is 0 Å². The van der Waals surface area contributed by atoms with Crippen molar-refractivity contribution in [2.75, 3.05) is 0 Å². The number of hydrogen-bond donors (Lipinski definition) is 0. The average Bonchev–Trinajstić information content (AvgIpc) is 2.90. The summed E-state index contributed by atoms with van der Waals surface area (Å²) in [7, 11) is 0. The number of rotatable bonds is 13. The van der Waals surface area contributed by atoms with Gasteiger partial charge in [-0.2, -0.15) is 0 Å². The Morgan fingerprint density at radius 2 is 0.950 bits per heavy atom. The van der Waals surface area contributed by atoms with Gasteiger partial charge >= 0.3 is 0 Å². The molecule has 1 nitrogen and oxygen atoms in total.